The molecule has 0 saturated carbocycles. The normalized spacial score (nSPS) is 16.1. The third-order valence-corrected chi connectivity index (χ3v) is 6.45. The van der Waals surface area contributed by atoms with Crippen molar-refractivity contribution < 1.29 is 19.0 Å². The number of rotatable bonds is 7. The third kappa shape index (κ3) is 5.89. The lowest BCUT2D eigenvalue weighted by Gasteiger charge is -2.22. The van der Waals surface area contributed by atoms with Gasteiger partial charge < -0.3 is 24.1 Å². The van der Waals surface area contributed by atoms with Crippen LogP contribution in [-0.2, 0) is 16.0 Å². The van der Waals surface area contributed by atoms with Gasteiger partial charge in [0.05, 0.1) is 27.1 Å². The Hall–Kier alpha value is -2.93. The molecule has 1 unspecified atom stereocenters. The SMILES string of the molecule is CC(C)(C)OC(=O)NCCn1cc(-c2cnn(C3CCCCO3)c2)c2c(OCC#N)cc(Cl)c(Cl)c21. The number of nitrogens with zero attached hydrogens (tertiary/aromatic N) is 4. The lowest BCUT2D eigenvalue weighted by atomic mass is 10.1. The van der Waals surface area contributed by atoms with Crippen LogP contribution >= 0.6 is 23.2 Å². The van der Waals surface area contributed by atoms with E-state index >= 15 is 0 Å². The molecule has 0 bridgehead atoms. The van der Waals surface area contributed by atoms with Gasteiger partial charge in [0.15, 0.2) is 6.61 Å². The van der Waals surface area contributed by atoms with E-state index < -0.39 is 11.7 Å². The van der Waals surface area contributed by atoms with Crippen molar-refractivity contribution >= 4 is 40.2 Å². The van der Waals surface area contributed by atoms with Gasteiger partial charge >= 0.3 is 6.09 Å². The molecule has 3 aromatic rings. The van der Waals surface area contributed by atoms with Crippen molar-refractivity contribution in [1.29, 1.82) is 5.26 Å². The molecule has 3 heterocycles. The van der Waals surface area contributed by atoms with Crippen LogP contribution in [0.3, 0.4) is 0 Å². The van der Waals surface area contributed by atoms with Crippen LogP contribution in [0, 0.1) is 11.3 Å². The van der Waals surface area contributed by atoms with Crippen LogP contribution in [0.5, 0.6) is 5.75 Å². The molecule has 36 heavy (non-hydrogen) atoms. The van der Waals surface area contributed by atoms with Crippen LogP contribution in [-0.4, -0.2) is 45.8 Å². The Labute approximate surface area is 219 Å². The Kier molecular flexibility index (Phi) is 7.98. The van der Waals surface area contributed by atoms with E-state index in [9.17, 15) is 4.79 Å². The molecule has 192 valence electrons. The molecule has 1 aliphatic rings. The van der Waals surface area contributed by atoms with E-state index in [4.69, 9.17) is 42.7 Å². The Bertz CT molecular complexity index is 1280. The molecular formula is C25H29Cl2N5O4. The van der Waals surface area contributed by atoms with Crippen molar-refractivity contribution in [3.8, 4) is 22.9 Å². The molecule has 1 aliphatic heterocycles. The van der Waals surface area contributed by atoms with Crippen molar-refractivity contribution in [2.45, 2.75) is 58.4 Å². The zero-order chi connectivity index (χ0) is 25.9. The summed E-state index contributed by atoms with van der Waals surface area (Å²) < 4.78 is 20.7. The Morgan fingerprint density at radius 1 is 1.33 bits per heavy atom. The largest absolute Gasteiger partial charge is 0.478 e. The molecule has 2 aromatic heterocycles. The number of nitrogens with one attached hydrogen (secondary N) is 1. The second kappa shape index (κ2) is 11.0. The van der Waals surface area contributed by atoms with Crippen LogP contribution in [0.15, 0.2) is 24.7 Å². The summed E-state index contributed by atoms with van der Waals surface area (Å²) >= 11 is 13.1. The van der Waals surface area contributed by atoms with Crippen LogP contribution in [0.1, 0.15) is 46.3 Å². The van der Waals surface area contributed by atoms with E-state index in [1.54, 1.807) is 33.0 Å². The summed E-state index contributed by atoms with van der Waals surface area (Å²) in [4.78, 5) is 12.1. The predicted molar refractivity (Wildman–Crippen MR) is 137 cm³/mol. The summed E-state index contributed by atoms with van der Waals surface area (Å²) in [6, 6.07) is 3.61. The van der Waals surface area contributed by atoms with Gasteiger partial charge in [0.25, 0.3) is 0 Å². The van der Waals surface area contributed by atoms with E-state index in [0.29, 0.717) is 46.4 Å². The molecule has 0 spiro atoms. The van der Waals surface area contributed by atoms with Gasteiger partial charge in [0, 0.05) is 49.3 Å². The summed E-state index contributed by atoms with van der Waals surface area (Å²) in [5.41, 5.74) is 1.70. The first kappa shape index (κ1) is 26.1. The fourth-order valence-electron chi connectivity index (χ4n) is 4.18. The maximum atomic E-state index is 12.1. The van der Waals surface area contributed by atoms with Gasteiger partial charge in [-0.05, 0) is 40.0 Å². The third-order valence-electron chi connectivity index (χ3n) is 5.68. The maximum absolute atomic E-state index is 12.1. The standard InChI is InChI=1S/C25H29Cl2N5O4/c1-25(2,3)36-24(33)29-8-9-31-15-17(16-13-30-32(14-16)20-6-4-5-10-35-20)21-19(34-11-7-28)12-18(26)22(27)23(21)31/h12-15,20H,4-6,8-11H2,1-3H3,(H,29,33). The Morgan fingerprint density at radius 2 is 2.14 bits per heavy atom. The number of hydrogen-bond donors (Lipinski definition) is 1. The number of nitriles is 1. The molecule has 0 radical (unpaired) electrons. The first-order valence-corrected chi connectivity index (χ1v) is 12.6. The first-order chi connectivity index (χ1) is 17.2. The van der Waals surface area contributed by atoms with Gasteiger partial charge in [-0.1, -0.05) is 23.2 Å². The molecule has 0 aliphatic carbocycles. The zero-order valence-corrected chi connectivity index (χ0v) is 22.0. The van der Waals surface area contributed by atoms with Gasteiger partial charge in [0.1, 0.15) is 23.6 Å². The summed E-state index contributed by atoms with van der Waals surface area (Å²) in [5.74, 6) is 0.441. The number of alkyl carbamates (subject to hydrolysis) is 1. The minimum atomic E-state index is -0.594. The van der Waals surface area contributed by atoms with Crippen LogP contribution < -0.4 is 10.1 Å². The van der Waals surface area contributed by atoms with E-state index in [-0.39, 0.29) is 12.8 Å². The van der Waals surface area contributed by atoms with E-state index in [0.717, 1.165) is 30.4 Å². The highest BCUT2D eigenvalue weighted by Gasteiger charge is 2.23. The number of carbonyl (C=O) groups is 1. The minimum absolute atomic E-state index is 0.105. The quantitative estimate of drug-likeness (QED) is 0.403. The average molecular weight is 534 g/mol. The molecule has 1 aromatic carbocycles. The van der Waals surface area contributed by atoms with Gasteiger partial charge in [0.2, 0.25) is 0 Å². The number of hydrogen-bond acceptors (Lipinski definition) is 6. The van der Waals surface area contributed by atoms with Crippen molar-refractivity contribution in [2.24, 2.45) is 0 Å². The van der Waals surface area contributed by atoms with E-state index in [2.05, 4.69) is 10.4 Å². The number of halogens is 2. The number of carbonyl (C=O) groups excluding carboxylic acids is 1. The fourth-order valence-corrected chi connectivity index (χ4v) is 4.63. The van der Waals surface area contributed by atoms with Crippen molar-refractivity contribution in [2.75, 3.05) is 19.8 Å². The number of aromatic nitrogens is 3. The van der Waals surface area contributed by atoms with Gasteiger partial charge in [-0.15, -0.1) is 0 Å². The van der Waals surface area contributed by atoms with E-state index in [1.165, 1.54) is 0 Å². The van der Waals surface area contributed by atoms with Crippen molar-refractivity contribution in [3.05, 3.63) is 34.7 Å². The van der Waals surface area contributed by atoms with Gasteiger partial charge in [-0.25, -0.2) is 9.48 Å². The molecule has 1 N–H and O–H groups in total. The molecule has 1 fully saturated rings. The smallest absolute Gasteiger partial charge is 0.407 e. The summed E-state index contributed by atoms with van der Waals surface area (Å²) in [6.07, 6.45) is 8.06. The number of ether oxygens (including phenoxy) is 3. The molecule has 9 nitrogen and oxygen atoms in total. The fraction of sp³-hybridized carbons (Fsp3) is 0.480. The summed E-state index contributed by atoms with van der Waals surface area (Å²) in [7, 11) is 0. The predicted octanol–water partition coefficient (Wildman–Crippen LogP) is 5.94. The second-order valence-corrected chi connectivity index (χ2v) is 10.3. The Morgan fingerprint density at radius 3 is 2.83 bits per heavy atom. The second-order valence-electron chi connectivity index (χ2n) is 9.54. The number of benzene rings is 1. The van der Waals surface area contributed by atoms with Gasteiger partial charge in [-0.2, -0.15) is 10.4 Å². The summed E-state index contributed by atoms with van der Waals surface area (Å²) in [6.45, 7) is 6.68. The molecule has 11 heteroatoms. The highest BCUT2D eigenvalue weighted by Crippen LogP contribution is 2.44. The first-order valence-electron chi connectivity index (χ1n) is 11.8. The maximum Gasteiger partial charge on any atom is 0.407 e. The van der Waals surface area contributed by atoms with Crippen LogP contribution in [0.4, 0.5) is 4.79 Å². The molecule has 1 atom stereocenters. The van der Waals surface area contributed by atoms with Crippen molar-refractivity contribution in [1.82, 2.24) is 19.7 Å². The van der Waals surface area contributed by atoms with Crippen molar-refractivity contribution in [3.63, 3.8) is 0 Å². The average Bonchev–Trinajstić information content (AvgIpc) is 3.45. The topological polar surface area (TPSA) is 103 Å². The Balaban J connectivity index is 1.71. The molecular weight excluding hydrogens is 505 g/mol. The lowest BCUT2D eigenvalue weighted by Crippen LogP contribution is -2.34. The van der Waals surface area contributed by atoms with Crippen LogP contribution in [0.25, 0.3) is 22.0 Å². The van der Waals surface area contributed by atoms with Crippen LogP contribution in [0.2, 0.25) is 10.0 Å². The highest BCUT2D eigenvalue weighted by molar-refractivity contribution is 6.45. The zero-order valence-electron chi connectivity index (χ0n) is 20.5. The molecule has 1 saturated heterocycles. The molecule has 1 amide bonds. The van der Waals surface area contributed by atoms with Gasteiger partial charge in [-0.3, -0.25) is 0 Å². The summed E-state index contributed by atoms with van der Waals surface area (Å²) in [5, 5.41) is 17.8. The van der Waals surface area contributed by atoms with E-state index in [1.807, 2.05) is 27.7 Å². The monoisotopic (exact) mass is 533 g/mol. The highest BCUT2D eigenvalue weighted by atomic mass is 35.5. The lowest BCUT2D eigenvalue weighted by molar-refractivity contribution is -0.0394. The minimum Gasteiger partial charge on any atom is -0.478 e. The number of fused-ring (bicyclic) bond motifs is 1. The number of amides is 1. The molecule has 4 rings (SSSR count).